The van der Waals surface area contributed by atoms with Crippen molar-refractivity contribution in [3.05, 3.63) is 87.9 Å². The maximum absolute atomic E-state index is 13.4. The maximum atomic E-state index is 13.4. The number of urea groups is 1. The second kappa shape index (κ2) is 8.32. The highest BCUT2D eigenvalue weighted by atomic mass is 32.1. The van der Waals surface area contributed by atoms with Gasteiger partial charge in [0.05, 0.1) is 12.6 Å². The van der Waals surface area contributed by atoms with E-state index in [9.17, 15) is 18.8 Å². The average molecular weight is 466 g/mol. The van der Waals surface area contributed by atoms with Gasteiger partial charge in [-0.3, -0.25) is 14.5 Å². The highest BCUT2D eigenvalue weighted by Crippen LogP contribution is 2.41. The van der Waals surface area contributed by atoms with Gasteiger partial charge in [-0.1, -0.05) is 36.4 Å². The number of fused-ring (bicyclic) bond motifs is 2. The summed E-state index contributed by atoms with van der Waals surface area (Å²) >= 11 is 1.44. The third-order valence-electron chi connectivity index (χ3n) is 5.90. The molecule has 7 nitrogen and oxygen atoms in total. The number of imide groups is 1. The topological polar surface area (TPSA) is 87.7 Å². The third kappa shape index (κ3) is 3.74. The van der Waals surface area contributed by atoms with Crippen molar-refractivity contribution in [3.63, 3.8) is 0 Å². The number of para-hydroxylation sites is 1. The molecule has 2 aromatic carbocycles. The van der Waals surface area contributed by atoms with Crippen LogP contribution in [0.3, 0.4) is 0 Å². The van der Waals surface area contributed by atoms with E-state index in [0.717, 1.165) is 9.78 Å². The Morgan fingerprint density at radius 1 is 1.15 bits per heavy atom. The number of carbonyl (C=O) groups is 3. The van der Waals surface area contributed by atoms with Crippen LogP contribution in [0.4, 0.5) is 9.18 Å². The summed E-state index contributed by atoms with van der Waals surface area (Å²) in [4.78, 5) is 40.9. The lowest BCUT2D eigenvalue weighted by atomic mass is 9.84. The Bertz CT molecular complexity index is 1210. The third-order valence-corrected chi connectivity index (χ3v) is 6.83. The number of benzene rings is 2. The first-order chi connectivity index (χ1) is 16.0. The van der Waals surface area contributed by atoms with Gasteiger partial charge in [0, 0.05) is 16.9 Å². The minimum atomic E-state index is -1.24. The molecule has 3 aromatic rings. The molecule has 2 aliphatic heterocycles. The minimum Gasteiger partial charge on any atom is -0.493 e. The first kappa shape index (κ1) is 21.1. The Balaban J connectivity index is 1.37. The normalized spacial score (nSPS) is 20.2. The average Bonchev–Trinajstić information content (AvgIpc) is 3.43. The van der Waals surface area contributed by atoms with Crippen LogP contribution in [0.5, 0.6) is 5.75 Å². The number of rotatable bonds is 5. The largest absolute Gasteiger partial charge is 0.493 e. The van der Waals surface area contributed by atoms with Crippen LogP contribution in [-0.4, -0.2) is 35.9 Å². The van der Waals surface area contributed by atoms with Gasteiger partial charge in [0.25, 0.3) is 5.91 Å². The predicted octanol–water partition coefficient (Wildman–Crippen LogP) is 3.32. The van der Waals surface area contributed by atoms with Crippen molar-refractivity contribution in [2.24, 2.45) is 0 Å². The lowest BCUT2D eigenvalue weighted by Crippen LogP contribution is -2.48. The highest BCUT2D eigenvalue weighted by Gasteiger charge is 2.55. The quantitative estimate of drug-likeness (QED) is 0.566. The number of thiophene rings is 1. The molecule has 0 saturated carbocycles. The molecule has 3 heterocycles. The molecular formula is C24H20FN3O4S. The van der Waals surface area contributed by atoms with Crippen LogP contribution in [0.25, 0.3) is 0 Å². The molecule has 1 spiro atoms. The van der Waals surface area contributed by atoms with Gasteiger partial charge >= 0.3 is 6.03 Å². The fraction of sp³-hybridized carbons (Fsp3) is 0.208. The number of nitrogens with zero attached hydrogens (tertiary/aromatic N) is 1. The summed E-state index contributed by atoms with van der Waals surface area (Å²) < 4.78 is 19.0. The summed E-state index contributed by atoms with van der Waals surface area (Å²) in [6.45, 7) is -0.160. The lowest BCUT2D eigenvalue weighted by Gasteiger charge is -2.33. The Kier molecular flexibility index (Phi) is 5.33. The van der Waals surface area contributed by atoms with Crippen LogP contribution in [0.15, 0.2) is 66.0 Å². The first-order valence-corrected chi connectivity index (χ1v) is 11.3. The van der Waals surface area contributed by atoms with E-state index in [4.69, 9.17) is 4.74 Å². The molecule has 1 saturated heterocycles. The van der Waals surface area contributed by atoms with E-state index in [-0.39, 0.29) is 18.8 Å². The summed E-state index contributed by atoms with van der Waals surface area (Å²) in [5, 5.41) is 7.55. The second-order valence-corrected chi connectivity index (χ2v) is 8.87. The van der Waals surface area contributed by atoms with Crippen LogP contribution < -0.4 is 15.4 Å². The van der Waals surface area contributed by atoms with Crippen molar-refractivity contribution in [2.45, 2.75) is 18.0 Å². The van der Waals surface area contributed by atoms with Crippen LogP contribution in [-0.2, 0) is 15.1 Å². The van der Waals surface area contributed by atoms with Crippen molar-refractivity contribution >= 4 is 29.2 Å². The summed E-state index contributed by atoms with van der Waals surface area (Å²) in [6.07, 6.45) is 0.278. The van der Waals surface area contributed by atoms with E-state index in [1.54, 1.807) is 36.4 Å². The molecule has 33 heavy (non-hydrogen) atoms. The molecular weight excluding hydrogens is 445 g/mol. The summed E-state index contributed by atoms with van der Waals surface area (Å²) in [7, 11) is 0. The molecule has 2 aliphatic rings. The number of nitrogens with one attached hydrogen (secondary N) is 2. The molecule has 0 radical (unpaired) electrons. The van der Waals surface area contributed by atoms with Gasteiger partial charge in [-0.25, -0.2) is 9.18 Å². The first-order valence-electron chi connectivity index (χ1n) is 10.4. The highest BCUT2D eigenvalue weighted by molar-refractivity contribution is 7.10. The standard InChI is InChI=1S/C24H20FN3O4S/c25-16-9-7-15(8-10-16)21(19-6-3-13-33-19)26-20(29)14-28-22(30)24(27-23(28)31)11-12-32-18-5-2-1-4-17(18)24/h1-10,13,21H,11-12,14H2,(H,26,29)(H,27,31). The molecule has 0 aliphatic carbocycles. The van der Waals surface area contributed by atoms with Crippen LogP contribution >= 0.6 is 11.3 Å². The molecule has 168 valence electrons. The summed E-state index contributed by atoms with van der Waals surface area (Å²) in [5.41, 5.74) is 0.0376. The monoisotopic (exact) mass is 465 g/mol. The van der Waals surface area contributed by atoms with E-state index >= 15 is 0 Å². The molecule has 1 aromatic heterocycles. The molecule has 4 amide bonds. The van der Waals surface area contributed by atoms with E-state index in [1.165, 1.54) is 23.5 Å². The Hall–Kier alpha value is -3.72. The van der Waals surface area contributed by atoms with E-state index in [0.29, 0.717) is 16.9 Å². The fourth-order valence-electron chi connectivity index (χ4n) is 4.30. The van der Waals surface area contributed by atoms with Crippen LogP contribution in [0.1, 0.15) is 28.5 Å². The number of carbonyl (C=O) groups excluding carboxylic acids is 3. The van der Waals surface area contributed by atoms with Gasteiger partial charge in [0.2, 0.25) is 5.91 Å². The SMILES string of the molecule is O=C(CN1C(=O)NC2(CCOc3ccccc32)C1=O)NC(c1ccc(F)cc1)c1cccs1. The molecule has 2 atom stereocenters. The van der Waals surface area contributed by atoms with Gasteiger partial charge in [-0.15, -0.1) is 11.3 Å². The minimum absolute atomic E-state index is 0.272. The Morgan fingerprint density at radius 3 is 2.70 bits per heavy atom. The Labute approximate surface area is 193 Å². The number of halogens is 1. The molecule has 2 N–H and O–H groups in total. The molecule has 2 unspecified atom stereocenters. The molecule has 9 heteroatoms. The van der Waals surface area contributed by atoms with Gasteiger partial charge in [0.1, 0.15) is 18.1 Å². The van der Waals surface area contributed by atoms with Gasteiger partial charge in [-0.2, -0.15) is 0 Å². The number of hydrogen-bond donors (Lipinski definition) is 2. The van der Waals surface area contributed by atoms with Gasteiger partial charge < -0.3 is 15.4 Å². The maximum Gasteiger partial charge on any atom is 0.325 e. The lowest BCUT2D eigenvalue weighted by molar-refractivity contribution is -0.136. The zero-order valence-corrected chi connectivity index (χ0v) is 18.2. The summed E-state index contributed by atoms with van der Waals surface area (Å²) in [5.74, 6) is -0.819. The van der Waals surface area contributed by atoms with Crippen molar-refractivity contribution in [1.82, 2.24) is 15.5 Å². The zero-order chi connectivity index (χ0) is 23.0. The van der Waals surface area contributed by atoms with Crippen LogP contribution in [0, 0.1) is 5.82 Å². The van der Waals surface area contributed by atoms with E-state index in [2.05, 4.69) is 10.6 Å². The number of ether oxygens (including phenoxy) is 1. The van der Waals surface area contributed by atoms with E-state index in [1.807, 2.05) is 17.5 Å². The van der Waals surface area contributed by atoms with Crippen molar-refractivity contribution in [3.8, 4) is 5.75 Å². The Morgan fingerprint density at radius 2 is 1.94 bits per heavy atom. The van der Waals surface area contributed by atoms with Crippen molar-refractivity contribution in [1.29, 1.82) is 0 Å². The van der Waals surface area contributed by atoms with Gasteiger partial charge in [-0.05, 0) is 35.2 Å². The molecule has 0 bridgehead atoms. The summed E-state index contributed by atoms with van der Waals surface area (Å²) in [6, 6.07) is 15.5. The van der Waals surface area contributed by atoms with E-state index < -0.39 is 36.0 Å². The molecule has 5 rings (SSSR count). The number of amides is 4. The van der Waals surface area contributed by atoms with Crippen LogP contribution in [0.2, 0.25) is 0 Å². The van der Waals surface area contributed by atoms with Gasteiger partial charge in [0.15, 0.2) is 5.54 Å². The molecule has 1 fully saturated rings. The fourth-order valence-corrected chi connectivity index (χ4v) is 5.10. The zero-order valence-electron chi connectivity index (χ0n) is 17.4. The predicted molar refractivity (Wildman–Crippen MR) is 119 cm³/mol. The number of hydrogen-bond acceptors (Lipinski definition) is 5. The van der Waals surface area contributed by atoms with Crippen molar-refractivity contribution < 1.29 is 23.5 Å². The van der Waals surface area contributed by atoms with Crippen molar-refractivity contribution in [2.75, 3.05) is 13.2 Å². The second-order valence-electron chi connectivity index (χ2n) is 7.89. The smallest absolute Gasteiger partial charge is 0.325 e.